The first-order valence-electron chi connectivity index (χ1n) is 6.40. The lowest BCUT2D eigenvalue weighted by Crippen LogP contribution is -2.11. The largest absolute Gasteiger partial charge is 0.457 e. The zero-order valence-corrected chi connectivity index (χ0v) is 11.6. The molecule has 5 heteroatoms. The van der Waals surface area contributed by atoms with Crippen LogP contribution in [0.2, 0.25) is 0 Å². The molecular weight excluding hydrogens is 268 g/mol. The van der Waals surface area contributed by atoms with Gasteiger partial charge in [-0.3, -0.25) is 4.79 Å². The van der Waals surface area contributed by atoms with Crippen molar-refractivity contribution in [3.05, 3.63) is 64.7 Å². The van der Waals surface area contributed by atoms with E-state index in [-0.39, 0.29) is 6.61 Å². The van der Waals surface area contributed by atoms with Crippen molar-refractivity contribution in [1.29, 1.82) is 0 Å². The molecule has 0 aliphatic heterocycles. The topological polar surface area (TPSA) is 95.4 Å². The molecular formula is C16H16N2O3. The average molecular weight is 284 g/mol. The van der Waals surface area contributed by atoms with Gasteiger partial charge in [0, 0.05) is 11.3 Å². The molecule has 21 heavy (non-hydrogen) atoms. The van der Waals surface area contributed by atoms with Crippen molar-refractivity contribution in [2.75, 3.05) is 5.73 Å². The van der Waals surface area contributed by atoms with Crippen LogP contribution >= 0.6 is 0 Å². The highest BCUT2D eigenvalue weighted by molar-refractivity contribution is 5.96. The van der Waals surface area contributed by atoms with Gasteiger partial charge in [-0.2, -0.15) is 0 Å². The van der Waals surface area contributed by atoms with Gasteiger partial charge < -0.3 is 16.2 Å². The number of carbonyl (C=O) groups excluding carboxylic acids is 2. The summed E-state index contributed by atoms with van der Waals surface area (Å²) in [4.78, 5) is 23.0. The first-order valence-corrected chi connectivity index (χ1v) is 6.40. The highest BCUT2D eigenvalue weighted by Crippen LogP contribution is 2.18. The van der Waals surface area contributed by atoms with Crippen LogP contribution in [0.1, 0.15) is 31.8 Å². The Morgan fingerprint density at radius 3 is 2.33 bits per heavy atom. The lowest BCUT2D eigenvalue weighted by atomic mass is 10.1. The van der Waals surface area contributed by atoms with Gasteiger partial charge >= 0.3 is 5.97 Å². The SMILES string of the molecule is Cc1cccc(N)c1C(=O)OCc1ccc(C(N)=O)cc1. The maximum atomic E-state index is 12.1. The van der Waals surface area contributed by atoms with E-state index in [9.17, 15) is 9.59 Å². The number of amides is 1. The molecule has 2 aromatic carbocycles. The minimum Gasteiger partial charge on any atom is -0.457 e. The van der Waals surface area contributed by atoms with Crippen molar-refractivity contribution < 1.29 is 14.3 Å². The van der Waals surface area contributed by atoms with Crippen LogP contribution in [0.25, 0.3) is 0 Å². The molecule has 0 saturated carbocycles. The fraction of sp³-hybridized carbons (Fsp3) is 0.125. The number of hydrogen-bond acceptors (Lipinski definition) is 4. The van der Waals surface area contributed by atoms with Crippen LogP contribution in [0.5, 0.6) is 0 Å². The number of hydrogen-bond donors (Lipinski definition) is 2. The number of benzene rings is 2. The van der Waals surface area contributed by atoms with Crippen LogP contribution in [-0.2, 0) is 11.3 Å². The third kappa shape index (κ3) is 3.39. The molecule has 0 aliphatic rings. The highest BCUT2D eigenvalue weighted by Gasteiger charge is 2.14. The molecule has 0 spiro atoms. The Bertz CT molecular complexity index is 658. The molecule has 0 fully saturated rings. The van der Waals surface area contributed by atoms with Gasteiger partial charge in [0.2, 0.25) is 5.91 Å². The van der Waals surface area contributed by atoms with Gasteiger partial charge in [0.1, 0.15) is 6.61 Å². The van der Waals surface area contributed by atoms with E-state index in [2.05, 4.69) is 0 Å². The maximum Gasteiger partial charge on any atom is 0.340 e. The number of nitrogens with two attached hydrogens (primary N) is 2. The maximum absolute atomic E-state index is 12.1. The number of anilines is 1. The Morgan fingerprint density at radius 1 is 1.10 bits per heavy atom. The van der Waals surface area contributed by atoms with Crippen molar-refractivity contribution in [3.8, 4) is 0 Å². The number of rotatable bonds is 4. The minimum absolute atomic E-state index is 0.103. The number of ether oxygens (including phenoxy) is 1. The summed E-state index contributed by atoms with van der Waals surface area (Å²) in [7, 11) is 0. The molecule has 4 N–H and O–H groups in total. The molecule has 0 aromatic heterocycles. The quantitative estimate of drug-likeness (QED) is 0.663. The third-order valence-corrected chi connectivity index (χ3v) is 3.12. The second-order valence-electron chi connectivity index (χ2n) is 4.68. The number of aryl methyl sites for hydroxylation is 1. The molecule has 5 nitrogen and oxygen atoms in total. The molecule has 0 radical (unpaired) electrons. The van der Waals surface area contributed by atoms with Crippen molar-refractivity contribution >= 4 is 17.6 Å². The molecule has 0 unspecified atom stereocenters. The van der Waals surface area contributed by atoms with Crippen LogP contribution in [0.15, 0.2) is 42.5 Å². The van der Waals surface area contributed by atoms with E-state index in [4.69, 9.17) is 16.2 Å². The third-order valence-electron chi connectivity index (χ3n) is 3.12. The van der Waals surface area contributed by atoms with E-state index in [1.165, 1.54) is 0 Å². The van der Waals surface area contributed by atoms with Gasteiger partial charge in [0.15, 0.2) is 0 Å². The predicted molar refractivity (Wildman–Crippen MR) is 79.7 cm³/mol. The number of nitrogen functional groups attached to an aromatic ring is 1. The van der Waals surface area contributed by atoms with E-state index < -0.39 is 11.9 Å². The number of carbonyl (C=O) groups is 2. The Hall–Kier alpha value is -2.82. The first-order chi connectivity index (χ1) is 9.99. The summed E-state index contributed by atoms with van der Waals surface area (Å²) in [5, 5.41) is 0. The normalized spacial score (nSPS) is 10.1. The van der Waals surface area contributed by atoms with Crippen LogP contribution in [0.4, 0.5) is 5.69 Å². The van der Waals surface area contributed by atoms with Crippen LogP contribution in [-0.4, -0.2) is 11.9 Å². The predicted octanol–water partition coefficient (Wildman–Crippen LogP) is 2.03. The van der Waals surface area contributed by atoms with Gasteiger partial charge in [-0.25, -0.2) is 4.79 Å². The average Bonchev–Trinajstić information content (AvgIpc) is 2.45. The zero-order valence-electron chi connectivity index (χ0n) is 11.6. The summed E-state index contributed by atoms with van der Waals surface area (Å²) in [6.07, 6.45) is 0. The minimum atomic E-state index is -0.494. The summed E-state index contributed by atoms with van der Waals surface area (Å²) in [5.41, 5.74) is 13.7. The second kappa shape index (κ2) is 6.09. The lowest BCUT2D eigenvalue weighted by Gasteiger charge is -2.09. The highest BCUT2D eigenvalue weighted by atomic mass is 16.5. The standard InChI is InChI=1S/C16H16N2O3/c1-10-3-2-4-13(17)14(10)16(20)21-9-11-5-7-12(8-6-11)15(18)19/h2-8H,9,17H2,1H3,(H2,18,19). The van der Waals surface area contributed by atoms with E-state index in [1.54, 1.807) is 49.4 Å². The Kier molecular flexibility index (Phi) is 4.23. The molecule has 1 amide bonds. The van der Waals surface area contributed by atoms with Crippen molar-refractivity contribution in [3.63, 3.8) is 0 Å². The van der Waals surface area contributed by atoms with Gasteiger partial charge in [0.05, 0.1) is 5.56 Å². The first kappa shape index (κ1) is 14.6. The van der Waals surface area contributed by atoms with Crippen LogP contribution in [0, 0.1) is 6.92 Å². The van der Waals surface area contributed by atoms with E-state index >= 15 is 0 Å². The molecule has 108 valence electrons. The fourth-order valence-electron chi connectivity index (χ4n) is 1.96. The Balaban J connectivity index is 2.06. The summed E-state index contributed by atoms with van der Waals surface area (Å²) in [6, 6.07) is 11.8. The molecule has 0 bridgehead atoms. The molecule has 0 heterocycles. The van der Waals surface area contributed by atoms with Crippen LogP contribution < -0.4 is 11.5 Å². The van der Waals surface area contributed by atoms with Crippen molar-refractivity contribution in [2.24, 2.45) is 5.73 Å². The molecule has 0 saturated heterocycles. The molecule has 0 aliphatic carbocycles. The van der Waals surface area contributed by atoms with E-state index in [1.807, 2.05) is 0 Å². The summed E-state index contributed by atoms with van der Waals surface area (Å²) in [6.45, 7) is 1.90. The summed E-state index contributed by atoms with van der Waals surface area (Å²) < 4.78 is 5.24. The Morgan fingerprint density at radius 2 is 1.76 bits per heavy atom. The van der Waals surface area contributed by atoms with Crippen LogP contribution in [0.3, 0.4) is 0 Å². The smallest absolute Gasteiger partial charge is 0.340 e. The summed E-state index contributed by atoms with van der Waals surface area (Å²) >= 11 is 0. The fourth-order valence-corrected chi connectivity index (χ4v) is 1.96. The lowest BCUT2D eigenvalue weighted by molar-refractivity contribution is 0.0473. The number of primary amides is 1. The van der Waals surface area contributed by atoms with Gasteiger partial charge in [-0.1, -0.05) is 24.3 Å². The monoisotopic (exact) mass is 284 g/mol. The molecule has 0 atom stereocenters. The number of esters is 1. The zero-order chi connectivity index (χ0) is 15.4. The van der Waals surface area contributed by atoms with Crippen molar-refractivity contribution in [1.82, 2.24) is 0 Å². The van der Waals surface area contributed by atoms with E-state index in [0.717, 1.165) is 11.1 Å². The summed E-state index contributed by atoms with van der Waals surface area (Å²) in [5.74, 6) is -0.962. The Labute approximate surface area is 122 Å². The van der Waals surface area contributed by atoms with Crippen molar-refractivity contribution in [2.45, 2.75) is 13.5 Å². The van der Waals surface area contributed by atoms with Gasteiger partial charge in [-0.15, -0.1) is 0 Å². The molecule has 2 aromatic rings. The van der Waals surface area contributed by atoms with Gasteiger partial charge in [0.25, 0.3) is 0 Å². The second-order valence-corrected chi connectivity index (χ2v) is 4.68. The van der Waals surface area contributed by atoms with Gasteiger partial charge in [-0.05, 0) is 36.2 Å². The molecule has 2 rings (SSSR count). The van der Waals surface area contributed by atoms with E-state index in [0.29, 0.717) is 16.8 Å².